The molecule has 1 saturated heterocycles. The number of hydrogen-bond acceptors (Lipinski definition) is 5. The zero-order chi connectivity index (χ0) is 18.5. The van der Waals surface area contributed by atoms with E-state index in [1.54, 1.807) is 0 Å². The minimum atomic E-state index is 0.950. The molecule has 0 radical (unpaired) electrons. The highest BCUT2D eigenvalue weighted by molar-refractivity contribution is 5.83. The van der Waals surface area contributed by atoms with Crippen LogP contribution in [0.4, 0.5) is 11.6 Å². The molecule has 2 aromatic heterocycles. The summed E-state index contributed by atoms with van der Waals surface area (Å²) in [4.78, 5) is 14.1. The first-order valence-corrected chi connectivity index (χ1v) is 9.78. The monoisotopic (exact) mass is 361 g/mol. The molecule has 1 fully saturated rings. The molecule has 3 heterocycles. The summed E-state index contributed by atoms with van der Waals surface area (Å²) in [6.07, 6.45) is 2.99. The van der Waals surface area contributed by atoms with Gasteiger partial charge in [0.1, 0.15) is 11.6 Å². The standard InChI is InChI=1S/C22H27N5/c1-18-17-21(25-20-8-3-2-7-19(18)20)23-11-6-12-26-13-15-27(16-14-26)22-9-4-5-10-24-22/h2-5,7-10,17H,6,11-16H2,1H3,(H,23,25). The zero-order valence-corrected chi connectivity index (χ0v) is 15.9. The van der Waals surface area contributed by atoms with E-state index in [4.69, 9.17) is 4.98 Å². The third-order valence-electron chi connectivity index (χ3n) is 5.23. The smallest absolute Gasteiger partial charge is 0.128 e. The van der Waals surface area contributed by atoms with Crippen LogP contribution in [-0.2, 0) is 0 Å². The van der Waals surface area contributed by atoms with E-state index in [1.807, 2.05) is 18.3 Å². The number of hydrogen-bond donors (Lipinski definition) is 1. The molecule has 0 amide bonds. The van der Waals surface area contributed by atoms with E-state index in [9.17, 15) is 0 Å². The lowest BCUT2D eigenvalue weighted by molar-refractivity contribution is 0.256. The van der Waals surface area contributed by atoms with Crippen LogP contribution in [0.25, 0.3) is 10.9 Å². The Labute approximate surface area is 161 Å². The maximum atomic E-state index is 4.73. The van der Waals surface area contributed by atoms with Crippen molar-refractivity contribution in [3.05, 3.63) is 60.3 Å². The maximum Gasteiger partial charge on any atom is 0.128 e. The van der Waals surface area contributed by atoms with Gasteiger partial charge in [0, 0.05) is 44.3 Å². The van der Waals surface area contributed by atoms with E-state index >= 15 is 0 Å². The molecule has 0 atom stereocenters. The number of aromatic nitrogens is 2. The van der Waals surface area contributed by atoms with E-state index in [1.165, 1.54) is 10.9 Å². The summed E-state index contributed by atoms with van der Waals surface area (Å²) in [6, 6.07) is 16.6. The van der Waals surface area contributed by atoms with Crippen molar-refractivity contribution in [3.8, 4) is 0 Å². The average Bonchev–Trinajstić information content (AvgIpc) is 2.72. The quantitative estimate of drug-likeness (QED) is 0.680. The van der Waals surface area contributed by atoms with Gasteiger partial charge < -0.3 is 10.2 Å². The third-order valence-corrected chi connectivity index (χ3v) is 5.23. The van der Waals surface area contributed by atoms with Gasteiger partial charge in [0.25, 0.3) is 0 Å². The predicted octanol–water partition coefficient (Wildman–Crippen LogP) is 3.56. The largest absolute Gasteiger partial charge is 0.370 e. The first-order valence-electron chi connectivity index (χ1n) is 9.78. The van der Waals surface area contributed by atoms with Crippen molar-refractivity contribution < 1.29 is 0 Å². The summed E-state index contributed by atoms with van der Waals surface area (Å²) in [5.41, 5.74) is 2.33. The van der Waals surface area contributed by atoms with Crippen molar-refractivity contribution in [2.24, 2.45) is 0 Å². The molecule has 0 bridgehead atoms. The van der Waals surface area contributed by atoms with Crippen molar-refractivity contribution in [3.63, 3.8) is 0 Å². The Morgan fingerprint density at radius 2 is 1.81 bits per heavy atom. The van der Waals surface area contributed by atoms with E-state index in [0.29, 0.717) is 0 Å². The molecule has 5 nitrogen and oxygen atoms in total. The van der Waals surface area contributed by atoms with Crippen LogP contribution in [0.5, 0.6) is 0 Å². The number of aryl methyl sites for hydroxylation is 1. The molecule has 1 N–H and O–H groups in total. The van der Waals surface area contributed by atoms with Gasteiger partial charge in [0.05, 0.1) is 5.52 Å². The van der Waals surface area contributed by atoms with Crippen LogP contribution in [0.2, 0.25) is 0 Å². The maximum absolute atomic E-state index is 4.73. The third kappa shape index (κ3) is 4.37. The molecule has 1 aliphatic heterocycles. The van der Waals surface area contributed by atoms with Gasteiger partial charge in [-0.05, 0) is 49.7 Å². The molecule has 1 aliphatic rings. The van der Waals surface area contributed by atoms with Gasteiger partial charge >= 0.3 is 0 Å². The Morgan fingerprint density at radius 3 is 2.63 bits per heavy atom. The number of rotatable bonds is 6. The van der Waals surface area contributed by atoms with Crippen LogP contribution in [0.15, 0.2) is 54.7 Å². The Bertz CT molecular complexity index is 872. The number of piperazine rings is 1. The topological polar surface area (TPSA) is 44.3 Å². The summed E-state index contributed by atoms with van der Waals surface area (Å²) in [5, 5.41) is 4.72. The van der Waals surface area contributed by atoms with E-state index in [-0.39, 0.29) is 0 Å². The van der Waals surface area contributed by atoms with E-state index < -0.39 is 0 Å². The van der Waals surface area contributed by atoms with Crippen LogP contribution in [-0.4, -0.2) is 54.1 Å². The van der Waals surface area contributed by atoms with Crippen molar-refractivity contribution >= 4 is 22.5 Å². The molecule has 5 heteroatoms. The van der Waals surface area contributed by atoms with Gasteiger partial charge in [-0.25, -0.2) is 9.97 Å². The Hall–Kier alpha value is -2.66. The van der Waals surface area contributed by atoms with Gasteiger partial charge in [-0.1, -0.05) is 24.3 Å². The second kappa shape index (κ2) is 8.35. The fourth-order valence-corrected chi connectivity index (χ4v) is 3.70. The molecule has 27 heavy (non-hydrogen) atoms. The molecular formula is C22H27N5. The van der Waals surface area contributed by atoms with Crippen LogP contribution in [0.3, 0.4) is 0 Å². The van der Waals surface area contributed by atoms with Crippen molar-refractivity contribution in [2.45, 2.75) is 13.3 Å². The summed E-state index contributed by atoms with van der Waals surface area (Å²) < 4.78 is 0. The van der Waals surface area contributed by atoms with Gasteiger partial charge in [-0.3, -0.25) is 4.90 Å². The second-order valence-corrected chi connectivity index (χ2v) is 7.14. The normalized spacial score (nSPS) is 15.2. The highest BCUT2D eigenvalue weighted by atomic mass is 15.3. The molecule has 3 aromatic rings. The lowest BCUT2D eigenvalue weighted by atomic mass is 10.1. The summed E-state index contributed by atoms with van der Waals surface area (Å²) in [7, 11) is 0. The number of nitrogens with one attached hydrogen (secondary N) is 1. The molecule has 140 valence electrons. The summed E-state index contributed by atoms with van der Waals surface area (Å²) in [5.74, 6) is 2.07. The van der Waals surface area contributed by atoms with Gasteiger partial charge in [0.15, 0.2) is 0 Å². The Morgan fingerprint density at radius 1 is 1.00 bits per heavy atom. The van der Waals surface area contributed by atoms with Gasteiger partial charge in [-0.15, -0.1) is 0 Å². The predicted molar refractivity (Wildman–Crippen MR) is 112 cm³/mol. The van der Waals surface area contributed by atoms with Crippen molar-refractivity contribution in [2.75, 3.05) is 49.5 Å². The lowest BCUT2D eigenvalue weighted by Crippen LogP contribution is -2.47. The summed E-state index contributed by atoms with van der Waals surface area (Å²) >= 11 is 0. The number of pyridine rings is 2. The van der Waals surface area contributed by atoms with Gasteiger partial charge in [0.2, 0.25) is 0 Å². The number of fused-ring (bicyclic) bond motifs is 1. The van der Waals surface area contributed by atoms with Crippen LogP contribution in [0.1, 0.15) is 12.0 Å². The zero-order valence-electron chi connectivity index (χ0n) is 15.9. The first kappa shape index (κ1) is 17.7. The van der Waals surface area contributed by atoms with Crippen LogP contribution >= 0.6 is 0 Å². The second-order valence-electron chi connectivity index (χ2n) is 7.14. The number of para-hydroxylation sites is 1. The van der Waals surface area contributed by atoms with Crippen molar-refractivity contribution in [1.29, 1.82) is 0 Å². The fraction of sp³-hybridized carbons (Fsp3) is 0.364. The average molecular weight is 361 g/mol. The van der Waals surface area contributed by atoms with Crippen LogP contribution in [0, 0.1) is 6.92 Å². The molecular weight excluding hydrogens is 334 g/mol. The van der Waals surface area contributed by atoms with E-state index in [0.717, 1.165) is 62.8 Å². The number of anilines is 2. The van der Waals surface area contributed by atoms with Crippen molar-refractivity contribution in [1.82, 2.24) is 14.9 Å². The molecule has 1 aromatic carbocycles. The molecule has 0 saturated carbocycles. The van der Waals surface area contributed by atoms with Crippen LogP contribution < -0.4 is 10.2 Å². The van der Waals surface area contributed by atoms with E-state index in [2.05, 4.69) is 63.4 Å². The highest BCUT2D eigenvalue weighted by Gasteiger charge is 2.17. The highest BCUT2D eigenvalue weighted by Crippen LogP contribution is 2.19. The Kier molecular flexibility index (Phi) is 5.49. The fourth-order valence-electron chi connectivity index (χ4n) is 3.70. The molecule has 4 rings (SSSR count). The molecule has 0 spiro atoms. The molecule has 0 unspecified atom stereocenters. The first-order chi connectivity index (χ1) is 13.3. The van der Waals surface area contributed by atoms with Gasteiger partial charge in [-0.2, -0.15) is 0 Å². The minimum Gasteiger partial charge on any atom is -0.370 e. The molecule has 0 aliphatic carbocycles. The SMILES string of the molecule is Cc1cc(NCCCN2CCN(c3ccccn3)CC2)nc2ccccc12. The number of nitrogens with zero attached hydrogens (tertiary/aromatic N) is 4. The Balaban J connectivity index is 1.22. The summed E-state index contributed by atoms with van der Waals surface area (Å²) in [6.45, 7) is 8.52. The minimum absolute atomic E-state index is 0.950. The number of benzene rings is 1. The lowest BCUT2D eigenvalue weighted by Gasteiger charge is -2.35.